The summed E-state index contributed by atoms with van der Waals surface area (Å²) in [6, 6.07) is 0. The fourth-order valence-electron chi connectivity index (χ4n) is 1.23. The summed E-state index contributed by atoms with van der Waals surface area (Å²) in [5.74, 6) is 0. The van der Waals surface area contributed by atoms with Crippen LogP contribution >= 0.6 is 0 Å². The van der Waals surface area contributed by atoms with E-state index in [0.29, 0.717) is 12.2 Å². The first-order valence-electron chi connectivity index (χ1n) is 5.60. The van der Waals surface area contributed by atoms with Gasteiger partial charge in [0.1, 0.15) is 0 Å². The first-order valence-corrected chi connectivity index (χ1v) is 5.60. The third-order valence-electron chi connectivity index (χ3n) is 2.13. The molecule has 1 heterocycles. The molecule has 0 radical (unpaired) electrons. The zero-order valence-electron chi connectivity index (χ0n) is 9.55. The van der Waals surface area contributed by atoms with Crippen LogP contribution in [-0.2, 0) is 4.74 Å². The van der Waals surface area contributed by atoms with Gasteiger partial charge in [-0.1, -0.05) is 39.8 Å². The molecular formula is C12H24O. The van der Waals surface area contributed by atoms with Crippen LogP contribution in [0.5, 0.6) is 0 Å². The maximum absolute atomic E-state index is 5.22. The van der Waals surface area contributed by atoms with Gasteiger partial charge in [0, 0.05) is 0 Å². The quantitative estimate of drug-likeness (QED) is 0.476. The minimum atomic E-state index is 0.616. The molecule has 1 heteroatoms. The smallest absolute Gasteiger partial charge is 0.0839 e. The van der Waals surface area contributed by atoms with E-state index in [9.17, 15) is 0 Å². The molecule has 0 aromatic rings. The van der Waals surface area contributed by atoms with Crippen molar-refractivity contribution in [1.29, 1.82) is 0 Å². The minimum Gasteiger partial charge on any atom is -0.370 e. The molecule has 1 saturated heterocycles. The van der Waals surface area contributed by atoms with Gasteiger partial charge in [-0.25, -0.2) is 0 Å². The number of rotatable bonds is 4. The van der Waals surface area contributed by atoms with Crippen LogP contribution < -0.4 is 0 Å². The number of allylic oxidation sites excluding steroid dienone is 2. The number of hydrogen-bond donors (Lipinski definition) is 0. The molecule has 1 aliphatic rings. The summed E-state index contributed by atoms with van der Waals surface area (Å²) >= 11 is 0. The predicted octanol–water partition coefficient (Wildman–Crippen LogP) is 3.94. The van der Waals surface area contributed by atoms with Gasteiger partial charge in [-0.3, -0.25) is 0 Å². The van der Waals surface area contributed by atoms with Gasteiger partial charge in [0.25, 0.3) is 0 Å². The van der Waals surface area contributed by atoms with Gasteiger partial charge in [0.05, 0.1) is 12.2 Å². The molecule has 0 amide bonds. The maximum Gasteiger partial charge on any atom is 0.0839 e. The van der Waals surface area contributed by atoms with Crippen molar-refractivity contribution in [2.45, 2.75) is 65.6 Å². The average molecular weight is 184 g/mol. The highest BCUT2D eigenvalue weighted by molar-refractivity contribution is 4.81. The Labute approximate surface area is 83.2 Å². The van der Waals surface area contributed by atoms with Crippen LogP contribution in [0.25, 0.3) is 0 Å². The van der Waals surface area contributed by atoms with Gasteiger partial charge >= 0.3 is 0 Å². The Hall–Kier alpha value is -0.300. The van der Waals surface area contributed by atoms with E-state index in [1.807, 2.05) is 0 Å². The topological polar surface area (TPSA) is 12.5 Å². The van der Waals surface area contributed by atoms with E-state index < -0.39 is 0 Å². The van der Waals surface area contributed by atoms with Gasteiger partial charge in [-0.15, -0.1) is 0 Å². The van der Waals surface area contributed by atoms with Crippen molar-refractivity contribution >= 4 is 0 Å². The fraction of sp³-hybridized carbons (Fsp3) is 0.833. The highest BCUT2D eigenvalue weighted by Crippen LogP contribution is 2.26. The van der Waals surface area contributed by atoms with Crippen LogP contribution in [-0.4, -0.2) is 12.2 Å². The zero-order chi connectivity index (χ0) is 10.1. The van der Waals surface area contributed by atoms with Gasteiger partial charge in [0.15, 0.2) is 0 Å². The summed E-state index contributed by atoms with van der Waals surface area (Å²) in [6.45, 7) is 8.62. The molecule has 0 saturated carbocycles. The summed E-state index contributed by atoms with van der Waals surface area (Å²) < 4.78 is 5.22. The lowest BCUT2D eigenvalue weighted by molar-refractivity contribution is 0.363. The van der Waals surface area contributed by atoms with E-state index in [1.54, 1.807) is 0 Å². The van der Waals surface area contributed by atoms with Crippen molar-refractivity contribution in [3.05, 3.63) is 12.2 Å². The second kappa shape index (κ2) is 8.31. The molecule has 0 aliphatic carbocycles. The molecule has 1 rings (SSSR count). The van der Waals surface area contributed by atoms with Gasteiger partial charge in [0.2, 0.25) is 0 Å². The van der Waals surface area contributed by atoms with Crippen LogP contribution in [0, 0.1) is 0 Å². The van der Waals surface area contributed by atoms with E-state index in [0.717, 1.165) is 0 Å². The molecule has 78 valence electrons. The normalized spacial score (nSPS) is 25.5. The van der Waals surface area contributed by atoms with E-state index in [2.05, 4.69) is 39.8 Å². The molecule has 0 spiro atoms. The molecule has 1 fully saturated rings. The van der Waals surface area contributed by atoms with Crippen molar-refractivity contribution in [1.82, 2.24) is 0 Å². The summed E-state index contributed by atoms with van der Waals surface area (Å²) in [6.07, 6.45) is 10.3. The minimum absolute atomic E-state index is 0.616. The third kappa shape index (κ3) is 6.83. The lowest BCUT2D eigenvalue weighted by Crippen LogP contribution is -1.87. The number of hydrogen-bond acceptors (Lipinski definition) is 1. The molecule has 0 N–H and O–H groups in total. The van der Waals surface area contributed by atoms with E-state index in [-0.39, 0.29) is 0 Å². The largest absolute Gasteiger partial charge is 0.370 e. The first kappa shape index (κ1) is 12.7. The average Bonchev–Trinajstić information content (AvgIpc) is 2.94. The second-order valence-electron chi connectivity index (χ2n) is 3.32. The standard InChI is InChI=1S/C6H12O.C6H12/c1-3-5-6(4-2)7-5;1-3-5-6-4-2/h5-6H,3-4H2,1-2H3;5-6H,3-4H2,1-2H3/b;6-5-. The predicted molar refractivity (Wildman–Crippen MR) is 59.0 cm³/mol. The molecule has 1 nitrogen and oxygen atoms in total. The van der Waals surface area contributed by atoms with Crippen molar-refractivity contribution < 1.29 is 4.74 Å². The Bertz CT molecular complexity index is 115. The van der Waals surface area contributed by atoms with Crippen molar-refractivity contribution in [2.75, 3.05) is 0 Å². The Morgan fingerprint density at radius 3 is 1.38 bits per heavy atom. The van der Waals surface area contributed by atoms with E-state index in [4.69, 9.17) is 4.74 Å². The van der Waals surface area contributed by atoms with Crippen molar-refractivity contribution in [3.8, 4) is 0 Å². The monoisotopic (exact) mass is 184 g/mol. The lowest BCUT2D eigenvalue weighted by atomic mass is 10.2. The van der Waals surface area contributed by atoms with Crippen LogP contribution in [0.3, 0.4) is 0 Å². The Morgan fingerprint density at radius 1 is 0.846 bits per heavy atom. The first-order chi connectivity index (χ1) is 6.29. The highest BCUT2D eigenvalue weighted by atomic mass is 16.6. The molecule has 1 aliphatic heterocycles. The fourth-order valence-corrected chi connectivity index (χ4v) is 1.23. The Morgan fingerprint density at radius 2 is 1.23 bits per heavy atom. The van der Waals surface area contributed by atoms with Crippen LogP contribution in [0.2, 0.25) is 0 Å². The third-order valence-corrected chi connectivity index (χ3v) is 2.13. The molecular weight excluding hydrogens is 160 g/mol. The summed E-state index contributed by atoms with van der Waals surface area (Å²) in [5, 5.41) is 0. The summed E-state index contributed by atoms with van der Waals surface area (Å²) in [7, 11) is 0. The van der Waals surface area contributed by atoms with E-state index >= 15 is 0 Å². The SMILES string of the molecule is CC/C=C\CC.CCC1OC1CC. The second-order valence-corrected chi connectivity index (χ2v) is 3.32. The van der Waals surface area contributed by atoms with E-state index in [1.165, 1.54) is 25.7 Å². The van der Waals surface area contributed by atoms with Crippen molar-refractivity contribution in [3.63, 3.8) is 0 Å². The molecule has 2 unspecified atom stereocenters. The highest BCUT2D eigenvalue weighted by Gasteiger charge is 2.34. The van der Waals surface area contributed by atoms with Crippen molar-refractivity contribution in [2.24, 2.45) is 0 Å². The molecule has 13 heavy (non-hydrogen) atoms. The maximum atomic E-state index is 5.22. The van der Waals surface area contributed by atoms with Crippen LogP contribution in [0.15, 0.2) is 12.2 Å². The molecule has 0 aromatic heterocycles. The molecule has 0 bridgehead atoms. The molecule has 2 atom stereocenters. The number of ether oxygens (including phenoxy) is 1. The summed E-state index contributed by atoms with van der Waals surface area (Å²) in [5.41, 5.74) is 0. The van der Waals surface area contributed by atoms with Gasteiger partial charge in [-0.2, -0.15) is 0 Å². The molecule has 0 aromatic carbocycles. The zero-order valence-corrected chi connectivity index (χ0v) is 9.55. The summed E-state index contributed by atoms with van der Waals surface area (Å²) in [4.78, 5) is 0. The lowest BCUT2D eigenvalue weighted by Gasteiger charge is -1.77. The van der Waals surface area contributed by atoms with Crippen LogP contribution in [0.1, 0.15) is 53.4 Å². The number of epoxide rings is 1. The van der Waals surface area contributed by atoms with Crippen LogP contribution in [0.4, 0.5) is 0 Å². The Kier molecular flexibility index (Phi) is 8.11. The van der Waals surface area contributed by atoms with Gasteiger partial charge < -0.3 is 4.74 Å². The van der Waals surface area contributed by atoms with Gasteiger partial charge in [-0.05, 0) is 25.7 Å². The Balaban J connectivity index is 0.000000226.